The van der Waals surface area contributed by atoms with E-state index in [1.54, 1.807) is 11.3 Å². The summed E-state index contributed by atoms with van der Waals surface area (Å²) in [5, 5.41) is 21.2. The second kappa shape index (κ2) is 9.05. The number of thiophene rings is 1. The highest BCUT2D eigenvalue weighted by Gasteiger charge is 2.29. The number of hydrogen-bond donors (Lipinski definition) is 0. The Morgan fingerprint density at radius 3 is 2.22 bits per heavy atom. The van der Waals surface area contributed by atoms with Gasteiger partial charge in [0, 0.05) is 37.0 Å². The minimum atomic E-state index is 0.319. The Morgan fingerprint density at radius 1 is 0.938 bits per heavy atom. The molecule has 1 saturated heterocycles. The van der Waals surface area contributed by atoms with Crippen molar-refractivity contribution in [2.75, 3.05) is 36.0 Å². The third-order valence-corrected chi connectivity index (χ3v) is 7.08. The molecule has 164 valence electrons. The van der Waals surface area contributed by atoms with Crippen molar-refractivity contribution in [3.05, 3.63) is 45.6 Å². The molecule has 3 aromatic heterocycles. The third-order valence-electron chi connectivity index (χ3n) is 6.21. The van der Waals surface area contributed by atoms with E-state index in [2.05, 4.69) is 27.0 Å². The number of aromatic nitrogens is 2. The van der Waals surface area contributed by atoms with Crippen LogP contribution in [0.3, 0.4) is 0 Å². The molecular formula is C23H24N6O2S. The van der Waals surface area contributed by atoms with Crippen molar-refractivity contribution in [1.29, 1.82) is 10.5 Å². The molecular weight excluding hydrogens is 424 g/mol. The van der Waals surface area contributed by atoms with Crippen molar-refractivity contribution < 1.29 is 8.83 Å². The molecule has 0 unspecified atom stereocenters. The molecule has 1 aliphatic heterocycles. The fourth-order valence-electron chi connectivity index (χ4n) is 4.53. The van der Waals surface area contributed by atoms with Crippen molar-refractivity contribution in [1.82, 2.24) is 9.97 Å². The van der Waals surface area contributed by atoms with Gasteiger partial charge in [0.15, 0.2) is 0 Å². The Balaban J connectivity index is 1.28. The van der Waals surface area contributed by atoms with E-state index < -0.39 is 0 Å². The summed E-state index contributed by atoms with van der Waals surface area (Å²) in [7, 11) is 0. The molecule has 0 amide bonds. The van der Waals surface area contributed by atoms with Crippen LogP contribution in [0.15, 0.2) is 26.3 Å². The molecule has 0 aromatic carbocycles. The molecule has 2 fully saturated rings. The summed E-state index contributed by atoms with van der Waals surface area (Å²) < 4.78 is 12.1. The normalized spacial score (nSPS) is 17.3. The zero-order chi connectivity index (χ0) is 21.9. The number of nitriles is 2. The zero-order valence-corrected chi connectivity index (χ0v) is 18.6. The second-order valence-corrected chi connectivity index (χ2v) is 9.29. The molecule has 0 radical (unpaired) electrons. The van der Waals surface area contributed by atoms with Gasteiger partial charge in [0.1, 0.15) is 12.1 Å². The van der Waals surface area contributed by atoms with Crippen LogP contribution in [0.25, 0.3) is 0 Å². The van der Waals surface area contributed by atoms with Crippen molar-refractivity contribution in [3.8, 4) is 12.1 Å². The largest absolute Gasteiger partial charge is 0.423 e. The smallest absolute Gasteiger partial charge is 0.234 e. The predicted octanol–water partition coefficient (Wildman–Crippen LogP) is 4.43. The zero-order valence-electron chi connectivity index (χ0n) is 17.8. The lowest BCUT2D eigenvalue weighted by Gasteiger charge is -2.34. The van der Waals surface area contributed by atoms with Crippen molar-refractivity contribution in [3.63, 3.8) is 0 Å². The van der Waals surface area contributed by atoms with Gasteiger partial charge in [-0.05, 0) is 24.3 Å². The minimum absolute atomic E-state index is 0.319. The van der Waals surface area contributed by atoms with Crippen LogP contribution in [-0.2, 0) is 6.42 Å². The lowest BCUT2D eigenvalue weighted by atomic mass is 9.89. The summed E-state index contributed by atoms with van der Waals surface area (Å²) >= 11 is 1.64. The SMILES string of the molecule is N#Cc1nc(Cc2cccs2)oc1N1CCN(c2oc(C3CCCCC3)nc2C#N)CC1. The molecule has 9 heteroatoms. The van der Waals surface area contributed by atoms with Gasteiger partial charge in [-0.25, -0.2) is 9.97 Å². The summed E-state index contributed by atoms with van der Waals surface area (Å²) in [6.07, 6.45) is 6.38. The first-order valence-corrected chi connectivity index (χ1v) is 12.0. The Hall–Kier alpha value is -3.30. The number of piperazine rings is 1. The summed E-state index contributed by atoms with van der Waals surface area (Å²) in [4.78, 5) is 14.2. The standard InChI is InChI=1S/C23H24N6O2S/c24-14-18-22(30-20(26-18)13-17-7-4-12-32-17)28-8-10-29(11-9-28)23-19(15-25)27-21(31-23)16-5-2-1-3-6-16/h4,7,12,16H,1-3,5-6,8-11,13H2. The fourth-order valence-corrected chi connectivity index (χ4v) is 5.23. The van der Waals surface area contributed by atoms with E-state index in [9.17, 15) is 10.5 Å². The summed E-state index contributed by atoms with van der Waals surface area (Å²) in [6.45, 7) is 2.60. The van der Waals surface area contributed by atoms with Gasteiger partial charge < -0.3 is 18.6 Å². The van der Waals surface area contributed by atoms with Crippen LogP contribution >= 0.6 is 11.3 Å². The molecule has 4 heterocycles. The molecule has 8 nitrogen and oxygen atoms in total. The maximum absolute atomic E-state index is 9.60. The van der Waals surface area contributed by atoms with Gasteiger partial charge in [0.05, 0.1) is 6.42 Å². The van der Waals surface area contributed by atoms with E-state index >= 15 is 0 Å². The molecule has 1 aliphatic carbocycles. The molecule has 0 N–H and O–H groups in total. The summed E-state index contributed by atoms with van der Waals surface area (Å²) in [6, 6.07) is 8.40. The first-order valence-electron chi connectivity index (χ1n) is 11.1. The molecule has 0 bridgehead atoms. The molecule has 2 aliphatic rings. The molecule has 32 heavy (non-hydrogen) atoms. The quantitative estimate of drug-likeness (QED) is 0.564. The third kappa shape index (κ3) is 4.09. The monoisotopic (exact) mass is 448 g/mol. The van der Waals surface area contributed by atoms with Crippen molar-refractivity contribution in [2.45, 2.75) is 44.4 Å². The van der Waals surface area contributed by atoms with E-state index in [0.29, 0.717) is 73.5 Å². The number of anilines is 2. The Morgan fingerprint density at radius 2 is 1.59 bits per heavy atom. The topological polar surface area (TPSA) is 106 Å². The van der Waals surface area contributed by atoms with Gasteiger partial charge in [-0.1, -0.05) is 25.3 Å². The highest BCUT2D eigenvalue weighted by Crippen LogP contribution is 2.35. The lowest BCUT2D eigenvalue weighted by molar-refractivity contribution is 0.362. The number of rotatable bonds is 5. The minimum Gasteiger partial charge on any atom is -0.423 e. The van der Waals surface area contributed by atoms with Gasteiger partial charge in [0.25, 0.3) is 0 Å². The summed E-state index contributed by atoms with van der Waals surface area (Å²) in [5.74, 6) is 2.68. The maximum Gasteiger partial charge on any atom is 0.234 e. The van der Waals surface area contributed by atoms with Gasteiger partial charge in [-0.3, -0.25) is 0 Å². The highest BCUT2D eigenvalue weighted by atomic mass is 32.1. The molecule has 0 atom stereocenters. The number of nitrogens with zero attached hydrogens (tertiary/aromatic N) is 6. The van der Waals surface area contributed by atoms with Crippen LogP contribution < -0.4 is 9.80 Å². The van der Waals surface area contributed by atoms with E-state index in [0.717, 1.165) is 17.7 Å². The summed E-state index contributed by atoms with van der Waals surface area (Å²) in [5.41, 5.74) is 0.691. The van der Waals surface area contributed by atoms with Crippen LogP contribution in [0, 0.1) is 22.7 Å². The average Bonchev–Trinajstić information content (AvgIpc) is 3.60. The molecule has 0 spiro atoms. The Bertz CT molecular complexity index is 1140. The molecule has 5 rings (SSSR count). The Kier molecular flexibility index (Phi) is 5.83. The highest BCUT2D eigenvalue weighted by molar-refractivity contribution is 7.09. The van der Waals surface area contributed by atoms with Crippen LogP contribution in [0.4, 0.5) is 11.8 Å². The fraction of sp³-hybridized carbons (Fsp3) is 0.478. The molecule has 3 aromatic rings. The number of hydrogen-bond acceptors (Lipinski definition) is 9. The second-order valence-electron chi connectivity index (χ2n) is 8.26. The first-order chi connectivity index (χ1) is 15.7. The van der Waals surface area contributed by atoms with Gasteiger partial charge in [-0.15, -0.1) is 11.3 Å². The van der Waals surface area contributed by atoms with Gasteiger partial charge in [-0.2, -0.15) is 10.5 Å². The van der Waals surface area contributed by atoms with E-state index in [1.165, 1.54) is 19.3 Å². The maximum atomic E-state index is 9.60. The van der Waals surface area contributed by atoms with E-state index in [1.807, 2.05) is 22.4 Å². The first kappa shape index (κ1) is 20.6. The van der Waals surface area contributed by atoms with Gasteiger partial charge >= 0.3 is 0 Å². The Labute approximate surface area is 190 Å². The van der Waals surface area contributed by atoms with Crippen molar-refractivity contribution in [2.24, 2.45) is 0 Å². The molecule has 1 saturated carbocycles. The van der Waals surface area contributed by atoms with Crippen LogP contribution in [0.1, 0.15) is 66.1 Å². The predicted molar refractivity (Wildman–Crippen MR) is 120 cm³/mol. The van der Waals surface area contributed by atoms with E-state index in [4.69, 9.17) is 8.83 Å². The average molecular weight is 449 g/mol. The van der Waals surface area contributed by atoms with Crippen LogP contribution in [-0.4, -0.2) is 36.1 Å². The van der Waals surface area contributed by atoms with Crippen LogP contribution in [0.2, 0.25) is 0 Å². The lowest BCUT2D eigenvalue weighted by Crippen LogP contribution is -2.46. The van der Waals surface area contributed by atoms with E-state index in [-0.39, 0.29) is 0 Å². The van der Waals surface area contributed by atoms with Crippen LogP contribution in [0.5, 0.6) is 0 Å². The van der Waals surface area contributed by atoms with Gasteiger partial charge in [0.2, 0.25) is 34.9 Å². The van der Waals surface area contributed by atoms with Crippen molar-refractivity contribution >= 4 is 23.1 Å². The number of oxazole rings is 2.